The fourth-order valence-electron chi connectivity index (χ4n) is 3.03. The summed E-state index contributed by atoms with van der Waals surface area (Å²) in [5.74, 6) is -0.294. The zero-order valence-corrected chi connectivity index (χ0v) is 13.8. The van der Waals surface area contributed by atoms with Crippen molar-refractivity contribution in [3.8, 4) is 0 Å². The molecule has 0 radical (unpaired) electrons. The van der Waals surface area contributed by atoms with Crippen LogP contribution in [0.15, 0.2) is 24.4 Å². The molecule has 0 unspecified atom stereocenters. The molecule has 1 aromatic carbocycles. The van der Waals surface area contributed by atoms with Crippen LogP contribution in [0.1, 0.15) is 29.8 Å². The lowest BCUT2D eigenvalue weighted by Crippen LogP contribution is -2.44. The maximum absolute atomic E-state index is 12.4. The number of pyridine rings is 1. The van der Waals surface area contributed by atoms with E-state index in [1.807, 2.05) is 13.0 Å². The third kappa shape index (κ3) is 3.15. The van der Waals surface area contributed by atoms with Crippen LogP contribution in [-0.2, 0) is 11.2 Å². The van der Waals surface area contributed by atoms with Crippen LogP contribution >= 0.6 is 0 Å². The number of aryl methyl sites for hydroxylation is 1. The fourth-order valence-corrected chi connectivity index (χ4v) is 3.03. The summed E-state index contributed by atoms with van der Waals surface area (Å²) in [7, 11) is 0. The molecule has 1 saturated heterocycles. The van der Waals surface area contributed by atoms with Crippen molar-refractivity contribution >= 4 is 22.6 Å². The lowest BCUT2D eigenvalue weighted by atomic mass is 10.0. The number of esters is 1. The molecule has 2 aromatic rings. The second-order valence-electron chi connectivity index (χ2n) is 5.68. The van der Waals surface area contributed by atoms with E-state index in [2.05, 4.69) is 34.3 Å². The summed E-state index contributed by atoms with van der Waals surface area (Å²) in [6, 6.07) is 6.29. The van der Waals surface area contributed by atoms with E-state index in [4.69, 9.17) is 4.74 Å². The Balaban J connectivity index is 2.18. The van der Waals surface area contributed by atoms with Gasteiger partial charge in [0.05, 0.1) is 17.8 Å². The molecule has 122 valence electrons. The van der Waals surface area contributed by atoms with E-state index < -0.39 is 0 Å². The molecule has 0 saturated carbocycles. The number of fused-ring (bicyclic) bond motifs is 1. The molecule has 0 aliphatic carbocycles. The standard InChI is InChI=1S/C18H23N3O2/c1-3-13-5-6-16-14(11-13)17(21-9-7-19-8-10-21)15(12-20-16)18(22)23-4-2/h5-6,11-12,19H,3-4,7-10H2,1-2H3. The summed E-state index contributed by atoms with van der Waals surface area (Å²) in [5.41, 5.74) is 3.69. The van der Waals surface area contributed by atoms with Gasteiger partial charge in [-0.15, -0.1) is 0 Å². The second kappa shape index (κ2) is 6.96. The molecule has 23 heavy (non-hydrogen) atoms. The number of piperazine rings is 1. The minimum atomic E-state index is -0.294. The number of anilines is 1. The largest absolute Gasteiger partial charge is 0.462 e. The van der Waals surface area contributed by atoms with Crippen LogP contribution in [0.25, 0.3) is 10.9 Å². The third-order valence-electron chi connectivity index (χ3n) is 4.24. The second-order valence-corrected chi connectivity index (χ2v) is 5.68. The van der Waals surface area contributed by atoms with E-state index in [-0.39, 0.29) is 5.97 Å². The highest BCUT2D eigenvalue weighted by Crippen LogP contribution is 2.31. The summed E-state index contributed by atoms with van der Waals surface area (Å²) < 4.78 is 5.24. The molecule has 0 atom stereocenters. The highest BCUT2D eigenvalue weighted by molar-refractivity contribution is 6.05. The van der Waals surface area contributed by atoms with Crippen LogP contribution in [0.3, 0.4) is 0 Å². The summed E-state index contributed by atoms with van der Waals surface area (Å²) in [6.07, 6.45) is 2.61. The number of ether oxygens (including phenoxy) is 1. The molecule has 2 heterocycles. The van der Waals surface area contributed by atoms with Gasteiger partial charge in [-0.25, -0.2) is 4.79 Å². The highest BCUT2D eigenvalue weighted by Gasteiger charge is 2.22. The number of carbonyl (C=O) groups is 1. The molecule has 3 rings (SSSR count). The minimum absolute atomic E-state index is 0.294. The first-order chi connectivity index (χ1) is 11.2. The van der Waals surface area contributed by atoms with Crippen molar-refractivity contribution < 1.29 is 9.53 Å². The lowest BCUT2D eigenvalue weighted by Gasteiger charge is -2.31. The van der Waals surface area contributed by atoms with Gasteiger partial charge in [-0.1, -0.05) is 13.0 Å². The summed E-state index contributed by atoms with van der Waals surface area (Å²) in [6.45, 7) is 7.91. The third-order valence-corrected chi connectivity index (χ3v) is 4.24. The van der Waals surface area contributed by atoms with Gasteiger partial charge in [-0.3, -0.25) is 4.98 Å². The molecule has 1 aliphatic rings. The summed E-state index contributed by atoms with van der Waals surface area (Å²) in [4.78, 5) is 19.1. The summed E-state index contributed by atoms with van der Waals surface area (Å²) >= 11 is 0. The van der Waals surface area contributed by atoms with Gasteiger partial charge in [0.25, 0.3) is 0 Å². The van der Waals surface area contributed by atoms with E-state index >= 15 is 0 Å². The van der Waals surface area contributed by atoms with Crippen molar-refractivity contribution in [2.24, 2.45) is 0 Å². The van der Waals surface area contributed by atoms with Gasteiger partial charge in [0.15, 0.2) is 0 Å². The molecular weight excluding hydrogens is 290 g/mol. The van der Waals surface area contributed by atoms with Crippen LogP contribution in [0.2, 0.25) is 0 Å². The highest BCUT2D eigenvalue weighted by atomic mass is 16.5. The predicted octanol–water partition coefficient (Wildman–Crippen LogP) is 2.38. The van der Waals surface area contributed by atoms with Crippen LogP contribution < -0.4 is 10.2 Å². The van der Waals surface area contributed by atoms with Crippen LogP contribution in [0.4, 0.5) is 5.69 Å². The maximum atomic E-state index is 12.4. The van der Waals surface area contributed by atoms with Gasteiger partial charge in [0.1, 0.15) is 5.56 Å². The molecule has 0 amide bonds. The first kappa shape index (κ1) is 15.7. The van der Waals surface area contributed by atoms with Gasteiger partial charge in [-0.05, 0) is 31.0 Å². The van der Waals surface area contributed by atoms with Crippen LogP contribution in [0.5, 0.6) is 0 Å². The average Bonchev–Trinajstić information content (AvgIpc) is 2.61. The smallest absolute Gasteiger partial charge is 0.341 e. The van der Waals surface area contributed by atoms with Crippen molar-refractivity contribution in [3.05, 3.63) is 35.5 Å². The maximum Gasteiger partial charge on any atom is 0.341 e. The fraction of sp³-hybridized carbons (Fsp3) is 0.444. The number of rotatable bonds is 4. The zero-order chi connectivity index (χ0) is 16.2. The summed E-state index contributed by atoms with van der Waals surface area (Å²) in [5, 5.41) is 4.39. The molecule has 0 bridgehead atoms. The normalized spacial score (nSPS) is 15.0. The molecule has 1 aliphatic heterocycles. The molecule has 1 N–H and O–H groups in total. The van der Waals surface area contributed by atoms with Gasteiger partial charge < -0.3 is 15.0 Å². The SMILES string of the molecule is CCOC(=O)c1cnc2ccc(CC)cc2c1N1CCNCC1. The van der Waals surface area contributed by atoms with Crippen molar-refractivity contribution in [1.82, 2.24) is 10.3 Å². The van der Waals surface area contributed by atoms with E-state index in [0.717, 1.165) is 49.2 Å². The van der Waals surface area contributed by atoms with Crippen molar-refractivity contribution in [1.29, 1.82) is 0 Å². The Hall–Kier alpha value is -2.14. The van der Waals surface area contributed by atoms with Crippen molar-refractivity contribution in [3.63, 3.8) is 0 Å². The molecule has 5 nitrogen and oxygen atoms in total. The Morgan fingerprint density at radius 2 is 2.09 bits per heavy atom. The zero-order valence-electron chi connectivity index (χ0n) is 13.8. The Kier molecular flexibility index (Phi) is 4.76. The van der Waals surface area contributed by atoms with Gasteiger partial charge in [-0.2, -0.15) is 0 Å². The Labute approximate surface area is 136 Å². The lowest BCUT2D eigenvalue weighted by molar-refractivity contribution is 0.0526. The number of carbonyl (C=O) groups excluding carboxylic acids is 1. The number of nitrogens with zero attached hydrogens (tertiary/aromatic N) is 2. The number of aromatic nitrogens is 1. The molecule has 1 fully saturated rings. The van der Waals surface area contributed by atoms with E-state index in [1.54, 1.807) is 6.20 Å². The topological polar surface area (TPSA) is 54.5 Å². The minimum Gasteiger partial charge on any atom is -0.462 e. The molecule has 1 aromatic heterocycles. The number of hydrogen-bond donors (Lipinski definition) is 1. The molecular formula is C18H23N3O2. The van der Waals surface area contributed by atoms with Gasteiger partial charge >= 0.3 is 5.97 Å². The predicted molar refractivity (Wildman–Crippen MR) is 92.2 cm³/mol. The van der Waals surface area contributed by atoms with E-state index in [1.165, 1.54) is 5.56 Å². The average molecular weight is 313 g/mol. The van der Waals surface area contributed by atoms with Crippen LogP contribution in [0, 0.1) is 0 Å². The first-order valence-electron chi connectivity index (χ1n) is 8.29. The van der Waals surface area contributed by atoms with Gasteiger partial charge in [0.2, 0.25) is 0 Å². The Morgan fingerprint density at radius 3 is 2.78 bits per heavy atom. The monoisotopic (exact) mass is 313 g/mol. The Bertz CT molecular complexity index is 709. The first-order valence-corrected chi connectivity index (χ1v) is 8.29. The van der Waals surface area contributed by atoms with Crippen molar-refractivity contribution in [2.75, 3.05) is 37.7 Å². The quantitative estimate of drug-likeness (QED) is 0.878. The van der Waals surface area contributed by atoms with Crippen molar-refractivity contribution in [2.45, 2.75) is 20.3 Å². The van der Waals surface area contributed by atoms with E-state index in [0.29, 0.717) is 12.2 Å². The Morgan fingerprint density at radius 1 is 1.30 bits per heavy atom. The molecule has 5 heteroatoms. The van der Waals surface area contributed by atoms with Gasteiger partial charge in [0, 0.05) is 37.8 Å². The number of hydrogen-bond acceptors (Lipinski definition) is 5. The van der Waals surface area contributed by atoms with E-state index in [9.17, 15) is 4.79 Å². The number of nitrogens with one attached hydrogen (secondary N) is 1. The molecule has 0 spiro atoms. The number of benzene rings is 1. The van der Waals surface area contributed by atoms with Crippen LogP contribution in [-0.4, -0.2) is 43.7 Å².